The van der Waals surface area contributed by atoms with Gasteiger partial charge < -0.3 is 19.3 Å². The zero-order chi connectivity index (χ0) is 36.1. The average molecular weight is 689 g/mol. The van der Waals surface area contributed by atoms with E-state index in [9.17, 15) is 9.59 Å². The number of alkyl halides is 2. The van der Waals surface area contributed by atoms with Crippen LogP contribution in [0.3, 0.4) is 0 Å². The van der Waals surface area contributed by atoms with Crippen LogP contribution in [-0.2, 0) is 36.3 Å². The number of carbonyl (C=O) groups excluding carboxylic acids is 2. The van der Waals surface area contributed by atoms with Gasteiger partial charge in [0.15, 0.2) is 0 Å². The SMILES string of the molecule is C=C(C)C(=O)OCC(COC(=O)C(=C)CO)CC1CCC(OC(F)(F)c2ccc(-c3ccc(-c4ccc(CCCCC)cc4)cc3)cc2)CC1. The molecule has 0 bridgehead atoms. The van der Waals surface area contributed by atoms with Gasteiger partial charge in [0.1, 0.15) is 0 Å². The second kappa shape index (κ2) is 18.7. The number of unbranched alkanes of at least 4 members (excludes halogenated alkanes) is 2. The summed E-state index contributed by atoms with van der Waals surface area (Å²) in [4.78, 5) is 24.0. The molecule has 0 aromatic heterocycles. The van der Waals surface area contributed by atoms with Crippen LogP contribution in [0.5, 0.6) is 0 Å². The predicted molar refractivity (Wildman–Crippen MR) is 192 cm³/mol. The minimum absolute atomic E-state index is 0.0201. The van der Waals surface area contributed by atoms with Gasteiger partial charge in [-0.05, 0) is 97.7 Å². The minimum atomic E-state index is -3.44. The quantitative estimate of drug-likeness (QED) is 0.0815. The van der Waals surface area contributed by atoms with Crippen LogP contribution in [-0.4, -0.2) is 43.0 Å². The number of halogens is 2. The van der Waals surface area contributed by atoms with E-state index in [0.29, 0.717) is 32.1 Å². The maximum absolute atomic E-state index is 15.3. The lowest BCUT2D eigenvalue weighted by atomic mass is 9.82. The summed E-state index contributed by atoms with van der Waals surface area (Å²) < 4.78 is 46.5. The van der Waals surface area contributed by atoms with E-state index in [-0.39, 0.29) is 41.8 Å². The van der Waals surface area contributed by atoms with Crippen molar-refractivity contribution in [3.63, 3.8) is 0 Å². The topological polar surface area (TPSA) is 82.1 Å². The summed E-state index contributed by atoms with van der Waals surface area (Å²) in [6.45, 7) is 10.3. The molecule has 1 unspecified atom stereocenters. The number of benzene rings is 3. The van der Waals surface area contributed by atoms with Crippen LogP contribution in [0.4, 0.5) is 8.78 Å². The molecule has 1 saturated carbocycles. The lowest BCUT2D eigenvalue weighted by Gasteiger charge is -2.32. The number of esters is 2. The van der Waals surface area contributed by atoms with Gasteiger partial charge in [-0.1, -0.05) is 93.6 Å². The van der Waals surface area contributed by atoms with E-state index in [4.69, 9.17) is 19.3 Å². The van der Waals surface area contributed by atoms with Gasteiger partial charge in [-0.15, -0.1) is 0 Å². The molecule has 4 rings (SSSR count). The Kier molecular flexibility index (Phi) is 14.5. The molecule has 0 saturated heterocycles. The van der Waals surface area contributed by atoms with Crippen molar-refractivity contribution in [1.29, 1.82) is 0 Å². The Morgan fingerprint density at radius 1 is 0.800 bits per heavy atom. The largest absolute Gasteiger partial charge is 0.462 e. The zero-order valence-electron chi connectivity index (χ0n) is 29.3. The fourth-order valence-electron chi connectivity index (χ4n) is 6.25. The highest BCUT2D eigenvalue weighted by atomic mass is 19.3. The fourth-order valence-corrected chi connectivity index (χ4v) is 6.25. The van der Waals surface area contributed by atoms with Gasteiger partial charge in [0.05, 0.1) is 37.1 Å². The number of aliphatic hydroxyl groups excluding tert-OH is 1. The lowest BCUT2D eigenvalue weighted by Crippen LogP contribution is -2.31. The van der Waals surface area contributed by atoms with Crippen molar-refractivity contribution in [2.75, 3.05) is 19.8 Å². The molecule has 1 fully saturated rings. The molecule has 1 aliphatic rings. The summed E-state index contributed by atoms with van der Waals surface area (Å²) in [5.74, 6) is -1.42. The van der Waals surface area contributed by atoms with Crippen molar-refractivity contribution in [2.24, 2.45) is 11.8 Å². The number of hydrogen-bond donors (Lipinski definition) is 1. The van der Waals surface area contributed by atoms with Crippen LogP contribution >= 0.6 is 0 Å². The summed E-state index contributed by atoms with van der Waals surface area (Å²) in [7, 11) is 0. The third kappa shape index (κ3) is 11.5. The molecule has 50 heavy (non-hydrogen) atoms. The Morgan fingerprint density at radius 2 is 1.30 bits per heavy atom. The minimum Gasteiger partial charge on any atom is -0.462 e. The first kappa shape index (κ1) is 38.7. The Hall–Kier alpha value is -4.14. The second-order valence-electron chi connectivity index (χ2n) is 13.4. The predicted octanol–water partition coefficient (Wildman–Crippen LogP) is 9.60. The van der Waals surface area contributed by atoms with Crippen LogP contribution in [0.25, 0.3) is 22.3 Å². The third-order valence-electron chi connectivity index (χ3n) is 9.30. The van der Waals surface area contributed by atoms with Crippen LogP contribution < -0.4 is 0 Å². The molecule has 0 radical (unpaired) electrons. The summed E-state index contributed by atoms with van der Waals surface area (Å²) in [5.41, 5.74) is 5.39. The molecule has 1 atom stereocenters. The van der Waals surface area contributed by atoms with Crippen LogP contribution in [0.15, 0.2) is 97.1 Å². The number of rotatable bonds is 18. The van der Waals surface area contributed by atoms with E-state index in [1.165, 1.54) is 37.0 Å². The van der Waals surface area contributed by atoms with E-state index in [2.05, 4.69) is 56.5 Å². The Balaban J connectivity index is 1.28. The smallest absolute Gasteiger partial charge is 0.383 e. The van der Waals surface area contributed by atoms with Crippen molar-refractivity contribution < 1.29 is 37.7 Å². The highest BCUT2D eigenvalue weighted by Crippen LogP contribution is 2.38. The van der Waals surface area contributed by atoms with E-state index >= 15 is 8.78 Å². The number of carbonyl (C=O) groups is 2. The molecular formula is C42H50F2O6. The monoisotopic (exact) mass is 688 g/mol. The van der Waals surface area contributed by atoms with E-state index in [0.717, 1.165) is 28.7 Å². The van der Waals surface area contributed by atoms with E-state index < -0.39 is 30.8 Å². The standard InChI is InChI=1S/C42H50F2O6/c1-5-6-7-8-31-9-13-34(14-10-31)35-15-17-36(18-16-35)37-19-21-38(22-20-37)42(43,44)50-39-23-11-32(12-24-39)25-33(27-48-40(46)29(2)3)28-49-41(47)30(4)26-45/h9-10,13-22,32-33,39,45H,2,4-8,11-12,23-28H2,1,3H3. The summed E-state index contributed by atoms with van der Waals surface area (Å²) in [5, 5.41) is 9.13. The molecule has 6 nitrogen and oxygen atoms in total. The molecule has 3 aromatic carbocycles. The molecule has 0 amide bonds. The van der Waals surface area contributed by atoms with Crippen molar-refractivity contribution in [2.45, 2.75) is 83.8 Å². The van der Waals surface area contributed by atoms with Gasteiger partial charge in [-0.2, -0.15) is 8.78 Å². The van der Waals surface area contributed by atoms with Crippen molar-refractivity contribution >= 4 is 11.9 Å². The Bertz CT molecular complexity index is 1560. The Morgan fingerprint density at radius 3 is 1.80 bits per heavy atom. The van der Waals surface area contributed by atoms with E-state index in [1.807, 2.05) is 12.1 Å². The van der Waals surface area contributed by atoms with Gasteiger partial charge in [-0.25, -0.2) is 9.59 Å². The first-order valence-electron chi connectivity index (χ1n) is 17.6. The maximum Gasteiger partial charge on any atom is 0.383 e. The van der Waals surface area contributed by atoms with Gasteiger partial charge >= 0.3 is 18.0 Å². The fraction of sp³-hybridized carbons (Fsp3) is 0.429. The highest BCUT2D eigenvalue weighted by molar-refractivity contribution is 5.88. The first-order chi connectivity index (χ1) is 24.0. The van der Waals surface area contributed by atoms with Crippen LogP contribution in [0, 0.1) is 11.8 Å². The van der Waals surface area contributed by atoms with Gasteiger partial charge in [0.2, 0.25) is 0 Å². The summed E-state index contributed by atoms with van der Waals surface area (Å²) in [6, 6.07) is 23.1. The molecule has 0 heterocycles. The maximum atomic E-state index is 15.3. The molecule has 1 aliphatic carbocycles. The molecule has 8 heteroatoms. The number of hydrogen-bond acceptors (Lipinski definition) is 6. The molecule has 1 N–H and O–H groups in total. The number of aliphatic hydroxyl groups is 1. The molecule has 3 aromatic rings. The van der Waals surface area contributed by atoms with Gasteiger partial charge in [-0.3, -0.25) is 0 Å². The highest BCUT2D eigenvalue weighted by Gasteiger charge is 2.37. The van der Waals surface area contributed by atoms with Crippen LogP contribution in [0.2, 0.25) is 0 Å². The molecule has 0 aliphatic heterocycles. The van der Waals surface area contributed by atoms with Crippen LogP contribution in [0.1, 0.15) is 76.3 Å². The summed E-state index contributed by atoms with van der Waals surface area (Å²) in [6.07, 6.45) is 3.45. The third-order valence-corrected chi connectivity index (χ3v) is 9.30. The zero-order valence-corrected chi connectivity index (χ0v) is 29.3. The molecular weight excluding hydrogens is 638 g/mol. The average Bonchev–Trinajstić information content (AvgIpc) is 3.13. The second-order valence-corrected chi connectivity index (χ2v) is 13.4. The molecule has 0 spiro atoms. The molecule has 268 valence electrons. The van der Waals surface area contributed by atoms with E-state index in [1.54, 1.807) is 19.1 Å². The summed E-state index contributed by atoms with van der Waals surface area (Å²) >= 11 is 0. The van der Waals surface area contributed by atoms with Crippen molar-refractivity contribution in [3.8, 4) is 22.3 Å². The van der Waals surface area contributed by atoms with Crippen molar-refractivity contribution in [3.05, 3.63) is 108 Å². The lowest BCUT2D eigenvalue weighted by molar-refractivity contribution is -0.278. The number of aryl methyl sites for hydroxylation is 1. The first-order valence-corrected chi connectivity index (χ1v) is 17.6. The van der Waals surface area contributed by atoms with Gasteiger partial charge in [0, 0.05) is 11.5 Å². The number of ether oxygens (including phenoxy) is 3. The van der Waals surface area contributed by atoms with Crippen molar-refractivity contribution in [1.82, 2.24) is 0 Å². The normalized spacial score (nSPS) is 16.7. The Labute approximate surface area is 295 Å². The van der Waals surface area contributed by atoms with Gasteiger partial charge in [0.25, 0.3) is 0 Å².